The lowest BCUT2D eigenvalue weighted by molar-refractivity contribution is 0.655. The first kappa shape index (κ1) is 67.8. The van der Waals surface area contributed by atoms with E-state index < -0.39 is 6.37 Å². The average molecular weight is 1420 g/mol. The molecule has 20 rings (SSSR count). The normalized spacial score (nSPS) is 11.9. The van der Waals surface area contributed by atoms with E-state index in [2.05, 4.69) is 256 Å². The molecule has 0 bridgehead atoms. The quantitative estimate of drug-likeness (QED) is 0.130. The van der Waals surface area contributed by atoms with E-state index in [0.29, 0.717) is 34.9 Å². The van der Waals surface area contributed by atoms with Crippen LogP contribution < -0.4 is 0 Å². The van der Waals surface area contributed by atoms with E-state index in [1.165, 1.54) is 44.5 Å². The van der Waals surface area contributed by atoms with Crippen LogP contribution in [0.3, 0.4) is 0 Å². The van der Waals surface area contributed by atoms with E-state index in [1.54, 1.807) is 44.1 Å². The van der Waals surface area contributed by atoms with Gasteiger partial charge in [0.2, 0.25) is 5.71 Å². The van der Waals surface area contributed by atoms with Crippen LogP contribution in [0.4, 0.5) is 0 Å². The van der Waals surface area contributed by atoms with Crippen LogP contribution in [0.25, 0.3) is 166 Å². The minimum absolute atomic E-state index is 0.542. The van der Waals surface area contributed by atoms with Crippen molar-refractivity contribution in [3.8, 4) is 55.6 Å². The number of nitrogens with zero attached hydrogens (tertiary/aromatic N) is 5. The summed E-state index contributed by atoms with van der Waals surface area (Å²) in [6.45, 7) is 19.2. The highest BCUT2D eigenvalue weighted by Gasteiger charge is 2.19. The van der Waals surface area contributed by atoms with Crippen molar-refractivity contribution in [2.75, 3.05) is 0 Å². The van der Waals surface area contributed by atoms with Crippen molar-refractivity contribution < 1.29 is 24.8 Å². The van der Waals surface area contributed by atoms with Gasteiger partial charge in [0.15, 0.2) is 16.7 Å². The molecule has 10 aromatic heterocycles. The highest BCUT2D eigenvalue weighted by atomic mass is 16.3. The van der Waals surface area contributed by atoms with Gasteiger partial charge in [0.25, 0.3) is 0 Å². The minimum Gasteiger partial charge on any atom is -0.455 e. The van der Waals surface area contributed by atoms with E-state index >= 15 is 0 Å². The predicted octanol–water partition coefficient (Wildman–Crippen LogP) is 28.3. The van der Waals surface area contributed by atoms with Gasteiger partial charge >= 0.3 is 0 Å². The molecule has 10 aromatic carbocycles. The molecule has 0 saturated carbocycles. The van der Waals surface area contributed by atoms with Gasteiger partial charge in [-0.1, -0.05) is 263 Å². The fourth-order valence-electron chi connectivity index (χ4n) is 14.3. The maximum atomic E-state index is 7.79. The Morgan fingerprint density at radius 2 is 0.624 bits per heavy atom. The van der Waals surface area contributed by atoms with E-state index in [1.807, 2.05) is 91.1 Å². The fourth-order valence-corrected chi connectivity index (χ4v) is 14.3. The highest BCUT2D eigenvalue weighted by molar-refractivity contribution is 6.12. The molecule has 0 unspecified atom stereocenters. The fraction of sp³-hybridized carbons (Fsp3) is 0.141. The van der Waals surface area contributed by atoms with Crippen LogP contribution in [0, 0.1) is 0 Å². The second-order valence-corrected chi connectivity index (χ2v) is 28.7. The third-order valence-corrected chi connectivity index (χ3v) is 20.4. The number of furan rings is 5. The summed E-state index contributed by atoms with van der Waals surface area (Å²) >= 11 is 0. The first-order chi connectivity index (χ1) is 54.0. The van der Waals surface area contributed by atoms with Gasteiger partial charge in [-0.2, -0.15) is 0 Å². The van der Waals surface area contributed by atoms with Gasteiger partial charge in [-0.3, -0.25) is 19.9 Å². The zero-order valence-electron chi connectivity index (χ0n) is 64.5. The average Bonchev–Trinajstić information content (AvgIpc) is 1.66. The van der Waals surface area contributed by atoms with Crippen LogP contribution in [-0.4, -0.2) is 24.9 Å². The van der Waals surface area contributed by atoms with Crippen molar-refractivity contribution in [3.63, 3.8) is 0 Å². The number of para-hydroxylation sites is 5. The molecule has 10 heterocycles. The van der Waals surface area contributed by atoms with Crippen LogP contribution in [0.2, 0.25) is 0 Å². The van der Waals surface area contributed by atoms with E-state index in [4.69, 9.17) is 24.8 Å². The van der Waals surface area contributed by atoms with Gasteiger partial charge in [-0.05, 0) is 146 Å². The number of aryl methyl sites for hydroxylation is 1. The predicted molar refractivity (Wildman–Crippen MR) is 450 cm³/mol. The van der Waals surface area contributed by atoms with Crippen molar-refractivity contribution in [2.45, 2.75) is 92.4 Å². The summed E-state index contributed by atoms with van der Waals surface area (Å²) < 4.78 is 45.8. The Morgan fingerprint density at radius 3 is 1.11 bits per heavy atom. The standard InChI is InChI=1S/4C20H17NO.C19H15NO/c2*1-13(2)14-8-10-15(11-9-14)16-5-3-6-17-19-18(22-20(16)17)7-4-12-21-19;1-13(2)14-8-10-15(11-9-14)16-5-3-6-17-18-7-4-12-21-20(18)22-19(16)17;1-13(2)14-6-8-15(9-7-14)16-4-3-5-18-17-10-11-21-12-19(17)22-20(16)18;1-2-13-7-9-14(10-8-13)16-11-20-12-17-15-5-3-4-6-18(15)21-19(16)17/h4*3-13H,1-2H3;3-12H,2H2,1H3/i;;;;2D2. The third-order valence-electron chi connectivity index (χ3n) is 20.4. The van der Waals surface area contributed by atoms with Crippen LogP contribution in [-0.2, 0) is 6.37 Å². The summed E-state index contributed by atoms with van der Waals surface area (Å²) in [6.07, 6.45) is 11.2. The molecular formula is C99H83N5O5. The SMILES string of the molecule is CC(C)c1ccc(-c2cccc3c2oc2cccnc23)cc1.CC(C)c1ccc(-c2cccc3c2oc2cccnc23)cc1.CC(C)c1ccc(-c2cccc3c2oc2cnccc23)cc1.CC(C)c1ccc(-c2cccc3c2oc2ncccc23)cc1.[2H]C([2H])(C)c1ccc(-c2cncc3c2oc2ccccc23)cc1. The van der Waals surface area contributed by atoms with Crippen LogP contribution in [0.15, 0.2) is 326 Å². The third kappa shape index (κ3) is 14.2. The highest BCUT2D eigenvalue weighted by Crippen LogP contribution is 2.41. The number of hydrogen-bond acceptors (Lipinski definition) is 10. The lowest BCUT2D eigenvalue weighted by atomic mass is 9.98. The molecule has 0 spiro atoms. The van der Waals surface area contributed by atoms with Gasteiger partial charge in [-0.15, -0.1) is 0 Å². The Balaban J connectivity index is 0.000000105. The Bertz CT molecular complexity index is 6040. The molecular weight excluding hydrogens is 1340 g/mol. The van der Waals surface area contributed by atoms with Crippen molar-refractivity contribution in [3.05, 3.63) is 332 Å². The van der Waals surface area contributed by atoms with Crippen LogP contribution in [0.5, 0.6) is 0 Å². The molecule has 0 amide bonds. The second-order valence-electron chi connectivity index (χ2n) is 28.7. The molecule has 0 atom stereocenters. The maximum absolute atomic E-state index is 7.79. The Labute approximate surface area is 636 Å². The molecule has 20 aromatic rings. The Hall–Kier alpha value is -13.1. The number of hydrogen-bond donors (Lipinski definition) is 0. The molecule has 0 aliphatic carbocycles. The zero-order valence-corrected chi connectivity index (χ0v) is 62.5. The molecule has 10 heteroatoms. The molecule has 0 fully saturated rings. The summed E-state index contributed by atoms with van der Waals surface area (Å²) in [7, 11) is 0. The van der Waals surface area contributed by atoms with E-state index in [9.17, 15) is 0 Å². The lowest BCUT2D eigenvalue weighted by Crippen LogP contribution is -1.86. The summed E-state index contributed by atoms with van der Waals surface area (Å²) in [5.74, 6) is 2.17. The zero-order chi connectivity index (χ0) is 76.4. The van der Waals surface area contributed by atoms with Gasteiger partial charge in [0.1, 0.15) is 44.5 Å². The van der Waals surface area contributed by atoms with Crippen LogP contribution >= 0.6 is 0 Å². The number of pyridine rings is 5. The van der Waals surface area contributed by atoms with Crippen molar-refractivity contribution in [2.24, 2.45) is 0 Å². The molecule has 0 aliphatic rings. The van der Waals surface area contributed by atoms with E-state index in [0.717, 1.165) is 138 Å². The van der Waals surface area contributed by atoms with Crippen molar-refractivity contribution in [1.29, 1.82) is 0 Å². The summed E-state index contributed by atoms with van der Waals surface area (Å²) in [4.78, 5) is 21.7. The summed E-state index contributed by atoms with van der Waals surface area (Å²) in [5.41, 5.74) is 27.5. The molecule has 534 valence electrons. The monoisotopic (exact) mass is 1420 g/mol. The topological polar surface area (TPSA) is 130 Å². The largest absolute Gasteiger partial charge is 0.455 e. The first-order valence-electron chi connectivity index (χ1n) is 38.3. The number of benzene rings is 10. The van der Waals surface area contributed by atoms with Gasteiger partial charge in [-0.25, -0.2) is 4.98 Å². The van der Waals surface area contributed by atoms with Crippen molar-refractivity contribution in [1.82, 2.24) is 24.9 Å². The lowest BCUT2D eigenvalue weighted by Gasteiger charge is -2.07. The number of aromatic nitrogens is 5. The molecule has 0 saturated heterocycles. The number of rotatable bonds is 10. The molecule has 0 aliphatic heterocycles. The minimum atomic E-state index is -1.35. The number of fused-ring (bicyclic) bond motifs is 15. The van der Waals surface area contributed by atoms with Crippen LogP contribution in [0.1, 0.15) is 117 Å². The molecule has 0 radical (unpaired) electrons. The maximum Gasteiger partial charge on any atom is 0.227 e. The molecule has 0 N–H and O–H groups in total. The first-order valence-corrected chi connectivity index (χ1v) is 37.3. The van der Waals surface area contributed by atoms with Crippen molar-refractivity contribution >= 4 is 110 Å². The van der Waals surface area contributed by atoms with Gasteiger partial charge in [0.05, 0.1) is 6.20 Å². The van der Waals surface area contributed by atoms with E-state index in [-0.39, 0.29) is 0 Å². The smallest absolute Gasteiger partial charge is 0.227 e. The molecule has 109 heavy (non-hydrogen) atoms. The summed E-state index contributed by atoms with van der Waals surface area (Å²) in [6, 6.07) is 89.1. The Morgan fingerprint density at radius 1 is 0.266 bits per heavy atom. The summed E-state index contributed by atoms with van der Waals surface area (Å²) in [5, 5.41) is 8.63. The van der Waals surface area contributed by atoms with Gasteiger partial charge < -0.3 is 22.1 Å². The second kappa shape index (κ2) is 30.8. The Kier molecular flexibility index (Phi) is 19.2. The molecule has 10 nitrogen and oxygen atoms in total. The van der Waals surface area contributed by atoms with Gasteiger partial charge in [0, 0.05) is 111 Å².